The highest BCUT2D eigenvalue weighted by atomic mass is 35.5. The number of ether oxygens (including phenoxy) is 2. The number of allylic oxidation sites excluding steroid dienone is 2. The van der Waals surface area contributed by atoms with E-state index in [1.807, 2.05) is 0 Å². The third kappa shape index (κ3) is 12.6. The van der Waals surface area contributed by atoms with Crippen molar-refractivity contribution in [2.24, 2.45) is 0 Å². The van der Waals surface area contributed by atoms with Gasteiger partial charge in [0, 0.05) is 16.5 Å². The van der Waals surface area contributed by atoms with E-state index in [0.717, 1.165) is 32.1 Å². The van der Waals surface area contributed by atoms with Gasteiger partial charge in [-0.25, -0.2) is 9.59 Å². The average Bonchev–Trinajstić information content (AvgIpc) is 3.01. The second-order valence-electron chi connectivity index (χ2n) is 11.6. The molecule has 2 atom stereocenters. The van der Waals surface area contributed by atoms with Crippen LogP contribution in [0.4, 0.5) is 0 Å². The van der Waals surface area contributed by atoms with Gasteiger partial charge in [0.25, 0.3) is 0 Å². The molecule has 0 bridgehead atoms. The second-order valence-corrected chi connectivity index (χ2v) is 12.5. The fourth-order valence-corrected chi connectivity index (χ4v) is 5.60. The molecule has 2 aromatic carbocycles. The number of carbonyl (C=O) groups is 3. The molecule has 2 aromatic rings. The number of rotatable bonds is 19. The maximum atomic E-state index is 13.1. The van der Waals surface area contributed by atoms with E-state index in [1.54, 1.807) is 54.6 Å². The maximum absolute atomic E-state index is 13.1. The van der Waals surface area contributed by atoms with Crippen LogP contribution in [-0.4, -0.2) is 29.4 Å². The standard InChI is InChI=1S/C37H46Cl2O5/c1-2-3-4-5-6-7-8-9-10-11-12-13-14-15-16-26-37(44-36(42)30-19-23-32(39)24-20-30)27-25-33(40)34(28-37)43-35(41)29-17-21-31(38)22-18-29/h7-8,17-25,27,34H,2-6,9-16,26,28H2,1H3/b8-7-/t34-,37-/m0/s1. The summed E-state index contributed by atoms with van der Waals surface area (Å²) < 4.78 is 11.7. The van der Waals surface area contributed by atoms with Gasteiger partial charge >= 0.3 is 11.9 Å². The van der Waals surface area contributed by atoms with Crippen LogP contribution in [0.1, 0.15) is 124 Å². The highest BCUT2D eigenvalue weighted by molar-refractivity contribution is 6.31. The number of carbonyl (C=O) groups excluding carboxylic acids is 3. The Hall–Kier alpha value is -2.89. The van der Waals surface area contributed by atoms with E-state index >= 15 is 0 Å². The monoisotopic (exact) mass is 640 g/mol. The van der Waals surface area contributed by atoms with Gasteiger partial charge in [0.1, 0.15) is 5.60 Å². The largest absolute Gasteiger partial charge is 0.451 e. The van der Waals surface area contributed by atoms with Gasteiger partial charge in [-0.3, -0.25) is 4.79 Å². The first-order valence-corrected chi connectivity index (χ1v) is 16.9. The molecule has 0 aliphatic heterocycles. The van der Waals surface area contributed by atoms with Crippen LogP contribution in [0.3, 0.4) is 0 Å². The summed E-state index contributed by atoms with van der Waals surface area (Å²) in [6.07, 6.45) is 22.5. The maximum Gasteiger partial charge on any atom is 0.338 e. The highest BCUT2D eigenvalue weighted by Crippen LogP contribution is 2.34. The first kappa shape index (κ1) is 35.6. The van der Waals surface area contributed by atoms with Gasteiger partial charge in [-0.2, -0.15) is 0 Å². The normalized spacial score (nSPS) is 18.1. The molecule has 0 saturated carbocycles. The van der Waals surface area contributed by atoms with Crippen LogP contribution in [0.25, 0.3) is 0 Å². The Labute approximate surface area is 273 Å². The molecule has 0 fully saturated rings. The van der Waals surface area contributed by atoms with Crippen molar-refractivity contribution >= 4 is 40.9 Å². The van der Waals surface area contributed by atoms with Crippen molar-refractivity contribution in [3.05, 3.63) is 94.0 Å². The molecule has 7 heteroatoms. The molecule has 0 heterocycles. The van der Waals surface area contributed by atoms with Gasteiger partial charge in [-0.15, -0.1) is 0 Å². The molecule has 3 rings (SSSR count). The molecule has 1 aliphatic rings. The van der Waals surface area contributed by atoms with Gasteiger partial charge in [0.2, 0.25) is 0 Å². The molecule has 0 saturated heterocycles. The summed E-state index contributed by atoms with van der Waals surface area (Å²) in [6.45, 7) is 2.24. The molecule has 0 unspecified atom stereocenters. The van der Waals surface area contributed by atoms with Crippen molar-refractivity contribution in [3.8, 4) is 0 Å². The fourth-order valence-electron chi connectivity index (χ4n) is 5.34. The minimum Gasteiger partial charge on any atom is -0.451 e. The van der Waals surface area contributed by atoms with E-state index in [2.05, 4.69) is 19.1 Å². The van der Waals surface area contributed by atoms with Crippen LogP contribution in [0, 0.1) is 0 Å². The summed E-state index contributed by atoms with van der Waals surface area (Å²) in [4.78, 5) is 38.7. The van der Waals surface area contributed by atoms with Crippen LogP contribution in [0.2, 0.25) is 10.0 Å². The molecular formula is C37H46Cl2O5. The minimum atomic E-state index is -1.07. The van der Waals surface area contributed by atoms with Crippen molar-refractivity contribution in [3.63, 3.8) is 0 Å². The van der Waals surface area contributed by atoms with Gasteiger partial charge in [0.15, 0.2) is 11.9 Å². The van der Waals surface area contributed by atoms with Crippen molar-refractivity contribution in [2.75, 3.05) is 0 Å². The zero-order valence-corrected chi connectivity index (χ0v) is 27.4. The molecular weight excluding hydrogens is 595 g/mol. The lowest BCUT2D eigenvalue weighted by atomic mass is 9.83. The lowest BCUT2D eigenvalue weighted by Crippen LogP contribution is -2.44. The molecule has 0 amide bonds. The number of hydrogen-bond donors (Lipinski definition) is 0. The topological polar surface area (TPSA) is 69.7 Å². The summed E-state index contributed by atoms with van der Waals surface area (Å²) in [6, 6.07) is 12.8. The van der Waals surface area contributed by atoms with E-state index < -0.39 is 23.6 Å². The zero-order valence-electron chi connectivity index (χ0n) is 25.9. The van der Waals surface area contributed by atoms with Crippen LogP contribution in [0.5, 0.6) is 0 Å². The van der Waals surface area contributed by atoms with E-state index in [0.29, 0.717) is 27.6 Å². The van der Waals surface area contributed by atoms with E-state index in [-0.39, 0.29) is 12.2 Å². The van der Waals surface area contributed by atoms with Crippen LogP contribution in [0.15, 0.2) is 72.8 Å². The summed E-state index contributed by atoms with van der Waals surface area (Å²) in [5.41, 5.74) is -0.419. The Morgan fingerprint density at radius 1 is 0.750 bits per heavy atom. The average molecular weight is 642 g/mol. The van der Waals surface area contributed by atoms with Crippen molar-refractivity contribution in [2.45, 2.75) is 115 Å². The molecule has 1 aliphatic carbocycles. The zero-order chi connectivity index (χ0) is 31.6. The first-order valence-electron chi connectivity index (χ1n) is 16.2. The predicted molar refractivity (Wildman–Crippen MR) is 178 cm³/mol. The quantitative estimate of drug-likeness (QED) is 0.0867. The van der Waals surface area contributed by atoms with Crippen molar-refractivity contribution in [1.29, 1.82) is 0 Å². The summed E-state index contributed by atoms with van der Waals surface area (Å²) in [5, 5.41) is 1.01. The molecule has 238 valence electrons. The van der Waals surface area contributed by atoms with Gasteiger partial charge < -0.3 is 9.47 Å². The van der Waals surface area contributed by atoms with Crippen molar-refractivity contribution in [1.82, 2.24) is 0 Å². The Balaban J connectivity index is 1.50. The first-order chi connectivity index (χ1) is 21.3. The molecule has 0 spiro atoms. The summed E-state index contributed by atoms with van der Waals surface area (Å²) in [5.74, 6) is -1.48. The number of unbranched alkanes of at least 4 members (excludes halogenated alkanes) is 11. The number of hydrogen-bond acceptors (Lipinski definition) is 5. The number of ketones is 1. The van der Waals surface area contributed by atoms with E-state index in [4.69, 9.17) is 32.7 Å². The van der Waals surface area contributed by atoms with Crippen LogP contribution >= 0.6 is 23.2 Å². The van der Waals surface area contributed by atoms with Crippen molar-refractivity contribution < 1.29 is 23.9 Å². The van der Waals surface area contributed by atoms with Gasteiger partial charge in [-0.05, 0) is 99.2 Å². The Kier molecular flexibility index (Phi) is 15.8. The van der Waals surface area contributed by atoms with Gasteiger partial charge in [-0.1, -0.05) is 93.6 Å². The molecule has 0 aromatic heterocycles. The fraction of sp³-hybridized carbons (Fsp3) is 0.486. The van der Waals surface area contributed by atoms with Gasteiger partial charge in [0.05, 0.1) is 11.1 Å². The predicted octanol–water partition coefficient (Wildman–Crippen LogP) is 10.7. The summed E-state index contributed by atoms with van der Waals surface area (Å²) >= 11 is 11.9. The smallest absolute Gasteiger partial charge is 0.338 e. The Morgan fingerprint density at radius 2 is 1.25 bits per heavy atom. The SMILES string of the molecule is CCCCCC/C=C\CCCCCCCCC[C@]1(OC(=O)c2ccc(Cl)cc2)C=CC(=O)[C@@H](OC(=O)c2ccc(Cl)cc2)C1. The second kappa shape index (κ2) is 19.5. The number of benzene rings is 2. The molecule has 44 heavy (non-hydrogen) atoms. The molecule has 0 N–H and O–H groups in total. The highest BCUT2D eigenvalue weighted by Gasteiger charge is 2.41. The Bertz CT molecular complexity index is 1240. The van der Waals surface area contributed by atoms with Crippen LogP contribution < -0.4 is 0 Å². The Morgan fingerprint density at radius 3 is 1.82 bits per heavy atom. The minimum absolute atomic E-state index is 0.0626. The lowest BCUT2D eigenvalue weighted by Gasteiger charge is -2.36. The number of esters is 2. The third-order valence-electron chi connectivity index (χ3n) is 7.97. The lowest BCUT2D eigenvalue weighted by molar-refractivity contribution is -0.127. The van der Waals surface area contributed by atoms with E-state index in [9.17, 15) is 14.4 Å². The molecule has 5 nitrogen and oxygen atoms in total. The summed E-state index contributed by atoms with van der Waals surface area (Å²) in [7, 11) is 0. The third-order valence-corrected chi connectivity index (χ3v) is 8.47. The van der Waals surface area contributed by atoms with E-state index in [1.165, 1.54) is 57.4 Å². The molecule has 0 radical (unpaired) electrons. The van der Waals surface area contributed by atoms with Crippen LogP contribution in [-0.2, 0) is 14.3 Å². The number of halogens is 2.